The van der Waals surface area contributed by atoms with Crippen LogP contribution in [0.4, 0.5) is 10.5 Å². The van der Waals surface area contributed by atoms with Gasteiger partial charge in [-0.3, -0.25) is 4.21 Å². The van der Waals surface area contributed by atoms with Gasteiger partial charge in [0.15, 0.2) is 0 Å². The van der Waals surface area contributed by atoms with Gasteiger partial charge < -0.3 is 15.0 Å². The van der Waals surface area contributed by atoms with Crippen molar-refractivity contribution in [3.8, 4) is 0 Å². The molecule has 1 aromatic rings. The minimum Gasteiger partial charge on any atom is -0.376 e. The van der Waals surface area contributed by atoms with Gasteiger partial charge in [0.05, 0.1) is 6.10 Å². The molecule has 1 fully saturated rings. The Balaban J connectivity index is 1.84. The van der Waals surface area contributed by atoms with Gasteiger partial charge in [0.2, 0.25) is 0 Å². The average molecular weight is 324 g/mol. The van der Waals surface area contributed by atoms with E-state index in [9.17, 15) is 9.00 Å². The van der Waals surface area contributed by atoms with Crippen molar-refractivity contribution in [2.75, 3.05) is 31.3 Å². The first-order chi connectivity index (χ1) is 10.5. The maximum atomic E-state index is 12.2. The molecule has 5 nitrogen and oxygen atoms in total. The quantitative estimate of drug-likeness (QED) is 0.906. The van der Waals surface area contributed by atoms with Crippen molar-refractivity contribution in [3.05, 3.63) is 24.3 Å². The van der Waals surface area contributed by atoms with Crippen molar-refractivity contribution in [2.24, 2.45) is 5.92 Å². The Kier molecular flexibility index (Phi) is 5.97. The van der Waals surface area contributed by atoms with Gasteiger partial charge in [0.25, 0.3) is 0 Å². The van der Waals surface area contributed by atoms with Crippen molar-refractivity contribution in [2.45, 2.75) is 31.3 Å². The van der Waals surface area contributed by atoms with E-state index in [0.717, 1.165) is 17.9 Å². The standard InChI is InChI=1S/C16H24N2O3S/c1-12(2)11-21-14-8-9-18(10-14)16(19)17-13-4-6-15(7-5-13)22(3)20/h4-7,12,14H,8-11H2,1-3H3,(H,17,19)/t14-,22+/m0/s1. The number of nitrogens with one attached hydrogen (secondary N) is 1. The minimum absolute atomic E-state index is 0.110. The predicted molar refractivity (Wildman–Crippen MR) is 88.6 cm³/mol. The molecule has 122 valence electrons. The highest BCUT2D eigenvalue weighted by molar-refractivity contribution is 7.84. The largest absolute Gasteiger partial charge is 0.376 e. The Morgan fingerprint density at radius 2 is 2.09 bits per heavy atom. The number of carbonyl (C=O) groups is 1. The van der Waals surface area contributed by atoms with E-state index in [1.165, 1.54) is 0 Å². The fourth-order valence-electron chi connectivity index (χ4n) is 2.31. The normalized spacial score (nSPS) is 19.5. The summed E-state index contributed by atoms with van der Waals surface area (Å²) in [5, 5.41) is 2.87. The Morgan fingerprint density at radius 3 is 2.68 bits per heavy atom. The number of hydrogen-bond acceptors (Lipinski definition) is 3. The van der Waals surface area contributed by atoms with E-state index in [2.05, 4.69) is 19.2 Å². The molecule has 22 heavy (non-hydrogen) atoms. The first-order valence-corrected chi connectivity index (χ1v) is 9.12. The lowest BCUT2D eigenvalue weighted by molar-refractivity contribution is 0.0440. The molecule has 1 aliphatic heterocycles. The summed E-state index contributed by atoms with van der Waals surface area (Å²) in [6, 6.07) is 6.98. The van der Waals surface area contributed by atoms with Crippen LogP contribution < -0.4 is 5.32 Å². The van der Waals surface area contributed by atoms with Crippen LogP contribution in [-0.4, -0.2) is 47.2 Å². The summed E-state index contributed by atoms with van der Waals surface area (Å²) in [7, 11) is -1.00. The highest BCUT2D eigenvalue weighted by Gasteiger charge is 2.26. The molecule has 1 heterocycles. The second kappa shape index (κ2) is 7.74. The number of nitrogens with zero attached hydrogens (tertiary/aromatic N) is 1. The molecule has 2 atom stereocenters. The van der Waals surface area contributed by atoms with Crippen molar-refractivity contribution in [1.82, 2.24) is 4.90 Å². The third-order valence-electron chi connectivity index (χ3n) is 3.54. The second-order valence-corrected chi connectivity index (χ2v) is 7.37. The number of rotatable bonds is 5. The Hall–Kier alpha value is -1.40. The van der Waals surface area contributed by atoms with E-state index in [1.54, 1.807) is 35.4 Å². The molecule has 0 aromatic heterocycles. The zero-order valence-electron chi connectivity index (χ0n) is 13.4. The van der Waals surface area contributed by atoms with Crippen LogP contribution in [0.3, 0.4) is 0 Å². The van der Waals surface area contributed by atoms with E-state index in [-0.39, 0.29) is 12.1 Å². The van der Waals surface area contributed by atoms with E-state index >= 15 is 0 Å². The molecule has 2 amide bonds. The molecule has 1 aromatic carbocycles. The monoisotopic (exact) mass is 324 g/mol. The smallest absolute Gasteiger partial charge is 0.321 e. The van der Waals surface area contributed by atoms with Gasteiger partial charge in [0.1, 0.15) is 0 Å². The summed E-state index contributed by atoms with van der Waals surface area (Å²) < 4.78 is 17.1. The number of carbonyl (C=O) groups excluding carboxylic acids is 1. The van der Waals surface area contributed by atoms with Crippen LogP contribution in [0.25, 0.3) is 0 Å². The van der Waals surface area contributed by atoms with E-state index in [0.29, 0.717) is 24.7 Å². The third kappa shape index (κ3) is 4.81. The SMILES string of the molecule is CC(C)CO[C@H]1CCN(C(=O)Nc2ccc([S@@](C)=O)cc2)C1. The third-order valence-corrected chi connectivity index (χ3v) is 4.47. The molecule has 0 aliphatic carbocycles. The summed E-state index contributed by atoms with van der Waals surface area (Å²) in [6.07, 6.45) is 2.65. The summed E-state index contributed by atoms with van der Waals surface area (Å²) in [5.41, 5.74) is 0.714. The first-order valence-electron chi connectivity index (χ1n) is 7.56. The van der Waals surface area contributed by atoms with Gasteiger partial charge in [-0.1, -0.05) is 13.8 Å². The fourth-order valence-corrected chi connectivity index (χ4v) is 2.83. The Morgan fingerprint density at radius 1 is 1.41 bits per heavy atom. The topological polar surface area (TPSA) is 58.6 Å². The number of ether oxygens (including phenoxy) is 1. The lowest BCUT2D eigenvalue weighted by Crippen LogP contribution is -2.34. The number of amides is 2. The maximum Gasteiger partial charge on any atom is 0.321 e. The number of likely N-dealkylation sites (tertiary alicyclic amines) is 1. The van der Waals surface area contributed by atoms with Crippen LogP contribution >= 0.6 is 0 Å². The Bertz CT molecular complexity index is 531. The summed E-state index contributed by atoms with van der Waals surface area (Å²) >= 11 is 0. The van der Waals surface area contributed by atoms with Crippen molar-refractivity contribution in [1.29, 1.82) is 0 Å². The van der Waals surface area contributed by atoms with Crippen LogP contribution in [-0.2, 0) is 15.5 Å². The second-order valence-electron chi connectivity index (χ2n) is 5.99. The minimum atomic E-state index is -1.00. The molecule has 1 aliphatic rings. The predicted octanol–water partition coefficient (Wildman–Crippen LogP) is 2.70. The molecule has 1 N–H and O–H groups in total. The molecule has 0 bridgehead atoms. The molecular weight excluding hydrogens is 300 g/mol. The lowest BCUT2D eigenvalue weighted by atomic mass is 10.2. The first kappa shape index (κ1) is 17.0. The maximum absolute atomic E-state index is 12.2. The van der Waals surface area contributed by atoms with Gasteiger partial charge in [-0.2, -0.15) is 0 Å². The van der Waals surface area contributed by atoms with E-state index < -0.39 is 10.8 Å². The lowest BCUT2D eigenvalue weighted by Gasteiger charge is -2.18. The molecular formula is C16H24N2O3S. The number of hydrogen-bond donors (Lipinski definition) is 1. The Labute approximate surface area is 134 Å². The molecule has 0 spiro atoms. The van der Waals surface area contributed by atoms with E-state index in [4.69, 9.17) is 4.74 Å². The summed E-state index contributed by atoms with van der Waals surface area (Å²) in [5.74, 6) is 0.505. The molecule has 2 rings (SSSR count). The van der Waals surface area contributed by atoms with Gasteiger partial charge in [0, 0.05) is 47.3 Å². The number of urea groups is 1. The highest BCUT2D eigenvalue weighted by Crippen LogP contribution is 2.17. The fraction of sp³-hybridized carbons (Fsp3) is 0.562. The molecule has 0 unspecified atom stereocenters. The zero-order chi connectivity index (χ0) is 16.1. The molecule has 6 heteroatoms. The molecule has 0 radical (unpaired) electrons. The highest BCUT2D eigenvalue weighted by atomic mass is 32.2. The van der Waals surface area contributed by atoms with Crippen molar-refractivity contribution >= 4 is 22.5 Å². The average Bonchev–Trinajstić information content (AvgIpc) is 2.94. The van der Waals surface area contributed by atoms with Crippen LogP contribution in [0.2, 0.25) is 0 Å². The van der Waals surface area contributed by atoms with Crippen molar-refractivity contribution in [3.63, 3.8) is 0 Å². The van der Waals surface area contributed by atoms with Gasteiger partial charge in [-0.15, -0.1) is 0 Å². The zero-order valence-corrected chi connectivity index (χ0v) is 14.2. The molecule has 1 saturated heterocycles. The summed E-state index contributed by atoms with van der Waals surface area (Å²) in [6.45, 7) is 6.32. The van der Waals surface area contributed by atoms with Gasteiger partial charge >= 0.3 is 6.03 Å². The van der Waals surface area contributed by atoms with Crippen LogP contribution in [0.15, 0.2) is 29.2 Å². The van der Waals surface area contributed by atoms with Gasteiger partial charge in [-0.25, -0.2) is 4.79 Å². The number of benzene rings is 1. The summed E-state index contributed by atoms with van der Waals surface area (Å²) in [4.78, 5) is 14.7. The van der Waals surface area contributed by atoms with Crippen LogP contribution in [0.1, 0.15) is 20.3 Å². The van der Waals surface area contributed by atoms with Gasteiger partial charge in [-0.05, 0) is 36.6 Å². The van der Waals surface area contributed by atoms with Crippen molar-refractivity contribution < 1.29 is 13.7 Å². The van der Waals surface area contributed by atoms with Crippen LogP contribution in [0, 0.1) is 5.92 Å². The van der Waals surface area contributed by atoms with Crippen LogP contribution in [0.5, 0.6) is 0 Å². The number of anilines is 1. The van der Waals surface area contributed by atoms with E-state index in [1.807, 2.05) is 0 Å². The molecule has 0 saturated carbocycles.